The maximum absolute atomic E-state index is 13.0. The summed E-state index contributed by atoms with van der Waals surface area (Å²) < 4.78 is 14.4. The van der Waals surface area contributed by atoms with Gasteiger partial charge in [0, 0.05) is 18.8 Å². The fraction of sp³-hybridized carbons (Fsp3) is 0.294. The van der Waals surface area contributed by atoms with E-state index in [1.807, 2.05) is 6.92 Å². The molecule has 0 spiro atoms. The van der Waals surface area contributed by atoms with E-state index in [1.165, 1.54) is 30.0 Å². The summed E-state index contributed by atoms with van der Waals surface area (Å²) in [4.78, 5) is 15.7. The minimum absolute atomic E-state index is 0.00509. The van der Waals surface area contributed by atoms with Crippen LogP contribution in [0.25, 0.3) is 4.85 Å². The largest absolute Gasteiger partial charge is 0.380 e. The van der Waals surface area contributed by atoms with Gasteiger partial charge in [-0.1, -0.05) is 18.2 Å². The predicted molar refractivity (Wildman–Crippen MR) is 81.2 cm³/mol. The van der Waals surface area contributed by atoms with E-state index in [4.69, 9.17) is 6.57 Å². The van der Waals surface area contributed by atoms with Crippen LogP contribution in [0.3, 0.4) is 0 Å². The summed E-state index contributed by atoms with van der Waals surface area (Å²) >= 11 is 0. The highest BCUT2D eigenvalue weighted by Gasteiger charge is 2.30. The van der Waals surface area contributed by atoms with Crippen LogP contribution >= 0.6 is 0 Å². The Morgan fingerprint density at radius 1 is 1.45 bits per heavy atom. The molecular formula is C17H17FN2O2. The van der Waals surface area contributed by atoms with Crippen LogP contribution in [-0.4, -0.2) is 21.1 Å². The zero-order chi connectivity index (χ0) is 16.3. The zero-order valence-electron chi connectivity index (χ0n) is 12.5. The molecule has 0 unspecified atom stereocenters. The first-order valence-corrected chi connectivity index (χ1v) is 6.86. The fourth-order valence-corrected chi connectivity index (χ4v) is 2.28. The molecule has 0 aliphatic rings. The van der Waals surface area contributed by atoms with Crippen molar-refractivity contribution in [2.45, 2.75) is 32.4 Å². The number of ketones is 1. The summed E-state index contributed by atoms with van der Waals surface area (Å²) in [5, 5.41) is 10.3. The molecule has 0 saturated heterocycles. The summed E-state index contributed by atoms with van der Waals surface area (Å²) in [5.74, 6) is -0.759. The van der Waals surface area contributed by atoms with Crippen LogP contribution in [0.15, 0.2) is 36.7 Å². The van der Waals surface area contributed by atoms with Crippen molar-refractivity contribution in [2.75, 3.05) is 0 Å². The lowest BCUT2D eigenvalue weighted by atomic mass is 9.94. The molecule has 1 N–H and O–H groups in total. The normalized spacial score (nSPS) is 13.4. The number of aromatic nitrogens is 1. The van der Waals surface area contributed by atoms with Gasteiger partial charge in [0.1, 0.15) is 11.4 Å². The van der Waals surface area contributed by atoms with Crippen molar-refractivity contribution in [3.05, 3.63) is 65.0 Å². The lowest BCUT2D eigenvalue weighted by Gasteiger charge is -2.22. The summed E-state index contributed by atoms with van der Waals surface area (Å²) in [5.41, 5.74) is 0.504. The lowest BCUT2D eigenvalue weighted by molar-refractivity contribution is -0.136. The first-order chi connectivity index (χ1) is 10.3. The van der Waals surface area contributed by atoms with E-state index < -0.39 is 11.4 Å². The first kappa shape index (κ1) is 15.9. The summed E-state index contributed by atoms with van der Waals surface area (Å²) in [7, 11) is 0. The van der Waals surface area contributed by atoms with Crippen molar-refractivity contribution in [3.63, 3.8) is 0 Å². The SMILES string of the molecule is [C-]#[N+]c1ccc(CC(=O)[C@@](C)(O)Cn2ccc(F)c2)cc1C. The lowest BCUT2D eigenvalue weighted by Crippen LogP contribution is -2.40. The van der Waals surface area contributed by atoms with E-state index >= 15 is 0 Å². The van der Waals surface area contributed by atoms with Gasteiger partial charge in [0.2, 0.25) is 0 Å². The van der Waals surface area contributed by atoms with Crippen molar-refractivity contribution < 1.29 is 14.3 Å². The summed E-state index contributed by atoms with van der Waals surface area (Å²) in [6, 6.07) is 6.42. The second-order valence-electron chi connectivity index (χ2n) is 5.61. The number of rotatable bonds is 5. The third kappa shape index (κ3) is 3.60. The number of aryl methyl sites for hydroxylation is 1. The van der Waals surface area contributed by atoms with Crippen molar-refractivity contribution in [1.29, 1.82) is 0 Å². The Morgan fingerprint density at radius 2 is 2.18 bits per heavy atom. The minimum Gasteiger partial charge on any atom is -0.380 e. The summed E-state index contributed by atoms with van der Waals surface area (Å²) in [6.45, 7) is 10.2. The van der Waals surface area contributed by atoms with Crippen molar-refractivity contribution in [1.82, 2.24) is 4.57 Å². The molecule has 0 aliphatic carbocycles. The van der Waals surface area contributed by atoms with E-state index in [0.717, 1.165) is 11.1 Å². The van der Waals surface area contributed by atoms with Crippen LogP contribution in [0.4, 0.5) is 10.1 Å². The number of carbonyl (C=O) groups is 1. The molecule has 0 amide bonds. The molecule has 1 aromatic heterocycles. The maximum atomic E-state index is 13.0. The molecule has 2 rings (SSSR count). The molecule has 22 heavy (non-hydrogen) atoms. The van der Waals surface area contributed by atoms with E-state index in [2.05, 4.69) is 4.85 Å². The average molecular weight is 300 g/mol. The van der Waals surface area contributed by atoms with Crippen LogP contribution in [0.2, 0.25) is 0 Å². The van der Waals surface area contributed by atoms with Gasteiger partial charge in [-0.2, -0.15) is 0 Å². The smallest absolute Gasteiger partial charge is 0.190 e. The summed E-state index contributed by atoms with van der Waals surface area (Å²) in [6.07, 6.45) is 2.78. The Balaban J connectivity index is 2.10. The molecule has 5 heteroatoms. The Kier molecular flexibility index (Phi) is 4.43. The third-order valence-corrected chi connectivity index (χ3v) is 3.55. The van der Waals surface area contributed by atoms with Gasteiger partial charge in [-0.05, 0) is 31.0 Å². The Morgan fingerprint density at radius 3 is 2.73 bits per heavy atom. The second kappa shape index (κ2) is 6.12. The van der Waals surface area contributed by atoms with Gasteiger partial charge < -0.3 is 9.67 Å². The molecule has 1 aromatic carbocycles. The Hall–Kier alpha value is -2.45. The predicted octanol–water partition coefficient (Wildman–Crippen LogP) is 3.05. The van der Waals surface area contributed by atoms with Crippen LogP contribution in [0.1, 0.15) is 18.1 Å². The zero-order valence-corrected chi connectivity index (χ0v) is 12.5. The molecule has 0 saturated carbocycles. The molecule has 2 aromatic rings. The van der Waals surface area contributed by atoms with Crippen LogP contribution in [0, 0.1) is 19.3 Å². The van der Waals surface area contributed by atoms with Gasteiger partial charge in [-0.15, -0.1) is 0 Å². The van der Waals surface area contributed by atoms with Gasteiger partial charge in [0.25, 0.3) is 0 Å². The topological polar surface area (TPSA) is 46.6 Å². The van der Waals surface area contributed by atoms with E-state index in [-0.39, 0.29) is 18.7 Å². The molecule has 0 bridgehead atoms. The third-order valence-electron chi connectivity index (χ3n) is 3.55. The van der Waals surface area contributed by atoms with E-state index in [9.17, 15) is 14.3 Å². The van der Waals surface area contributed by atoms with Gasteiger partial charge in [0.05, 0.1) is 13.1 Å². The number of Topliss-reactive ketones (excluding diaryl/α,β-unsaturated/α-hetero) is 1. The quantitative estimate of drug-likeness (QED) is 0.863. The molecule has 4 nitrogen and oxygen atoms in total. The van der Waals surface area contributed by atoms with E-state index in [1.54, 1.807) is 18.2 Å². The molecule has 0 aliphatic heterocycles. The molecule has 0 fully saturated rings. The number of nitrogens with zero attached hydrogens (tertiary/aromatic N) is 2. The van der Waals surface area contributed by atoms with Crippen molar-refractivity contribution in [2.24, 2.45) is 0 Å². The van der Waals surface area contributed by atoms with Gasteiger partial charge in [-0.25, -0.2) is 9.24 Å². The number of benzene rings is 1. The number of carbonyl (C=O) groups excluding carboxylic acids is 1. The van der Waals surface area contributed by atoms with Crippen LogP contribution in [0.5, 0.6) is 0 Å². The Labute approximate surface area is 128 Å². The van der Waals surface area contributed by atoms with Gasteiger partial charge >= 0.3 is 0 Å². The molecule has 1 atom stereocenters. The highest BCUT2D eigenvalue weighted by molar-refractivity contribution is 5.88. The second-order valence-corrected chi connectivity index (χ2v) is 5.61. The van der Waals surface area contributed by atoms with Crippen molar-refractivity contribution in [3.8, 4) is 0 Å². The van der Waals surface area contributed by atoms with Gasteiger partial charge in [-0.3, -0.25) is 4.79 Å². The average Bonchev–Trinajstić information content (AvgIpc) is 2.83. The monoisotopic (exact) mass is 300 g/mol. The molecular weight excluding hydrogens is 283 g/mol. The Bertz CT molecular complexity index is 741. The fourth-order valence-electron chi connectivity index (χ4n) is 2.28. The number of hydrogen-bond donors (Lipinski definition) is 1. The van der Waals surface area contributed by atoms with Crippen LogP contribution in [-0.2, 0) is 17.8 Å². The minimum atomic E-state index is -1.59. The number of halogens is 1. The van der Waals surface area contributed by atoms with E-state index in [0.29, 0.717) is 5.69 Å². The van der Waals surface area contributed by atoms with Crippen LogP contribution < -0.4 is 0 Å². The maximum Gasteiger partial charge on any atom is 0.190 e. The van der Waals surface area contributed by atoms with Crippen molar-refractivity contribution >= 4 is 11.5 Å². The van der Waals surface area contributed by atoms with Gasteiger partial charge in [0.15, 0.2) is 11.5 Å². The molecule has 1 heterocycles. The number of aliphatic hydroxyl groups is 1. The highest BCUT2D eigenvalue weighted by Crippen LogP contribution is 2.21. The molecule has 0 radical (unpaired) electrons. The first-order valence-electron chi connectivity index (χ1n) is 6.86. The number of hydrogen-bond acceptors (Lipinski definition) is 2. The molecule has 114 valence electrons. The standard InChI is InChI=1S/C17H17FN2O2/c1-12-8-13(4-5-15(12)19-3)9-16(21)17(2,22)11-20-7-6-14(18)10-20/h4-8,10,22H,9,11H2,1-2H3/t17-/m0/s1. The highest BCUT2D eigenvalue weighted by atomic mass is 19.1.